The third-order valence-corrected chi connectivity index (χ3v) is 5.53. The summed E-state index contributed by atoms with van der Waals surface area (Å²) < 4.78 is 0. The van der Waals surface area contributed by atoms with Gasteiger partial charge in [0.2, 0.25) is 11.9 Å². The molecule has 3 amide bonds. The van der Waals surface area contributed by atoms with Gasteiger partial charge < -0.3 is 16.0 Å². The number of nitrogens with one attached hydrogen (secondary N) is 3. The van der Waals surface area contributed by atoms with E-state index in [1.807, 2.05) is 66.7 Å². The Bertz CT molecular complexity index is 1400. The number of aromatic nitrogens is 2. The van der Waals surface area contributed by atoms with Crippen molar-refractivity contribution in [1.82, 2.24) is 15.3 Å². The number of carbonyl (C=O) groups is 2. The van der Waals surface area contributed by atoms with Crippen molar-refractivity contribution < 1.29 is 9.59 Å². The van der Waals surface area contributed by atoms with E-state index in [9.17, 15) is 9.59 Å². The molecule has 0 saturated carbocycles. The highest BCUT2D eigenvalue weighted by atomic mass is 16.2. The van der Waals surface area contributed by atoms with Crippen LogP contribution in [0.15, 0.2) is 85.6 Å². The number of amides is 3. The molecular weight excluding hydrogens is 428 g/mol. The minimum absolute atomic E-state index is 0.0840. The molecule has 1 saturated heterocycles. The van der Waals surface area contributed by atoms with Crippen LogP contribution in [-0.4, -0.2) is 35.0 Å². The molecule has 0 atom stereocenters. The first-order valence-corrected chi connectivity index (χ1v) is 10.8. The number of anilines is 4. The predicted molar refractivity (Wildman–Crippen MR) is 134 cm³/mol. The lowest BCUT2D eigenvalue weighted by molar-refractivity contribution is -0.111. The van der Waals surface area contributed by atoms with Gasteiger partial charge >= 0.3 is 6.03 Å². The van der Waals surface area contributed by atoms with Crippen LogP contribution in [-0.2, 0) is 4.79 Å². The molecule has 5 rings (SSSR count). The van der Waals surface area contributed by atoms with Crippen molar-refractivity contribution in [3.05, 3.63) is 85.6 Å². The van der Waals surface area contributed by atoms with Gasteiger partial charge in [-0.05, 0) is 48.0 Å². The highest BCUT2D eigenvalue weighted by Gasteiger charge is 2.20. The Balaban J connectivity index is 1.43. The zero-order valence-electron chi connectivity index (χ0n) is 18.3. The van der Waals surface area contributed by atoms with E-state index in [2.05, 4.69) is 27.5 Å². The predicted octanol–water partition coefficient (Wildman–Crippen LogP) is 4.69. The smallest absolute Gasteiger partial charge is 0.321 e. The van der Waals surface area contributed by atoms with Crippen molar-refractivity contribution in [2.45, 2.75) is 0 Å². The Morgan fingerprint density at radius 3 is 2.65 bits per heavy atom. The number of urea groups is 1. The molecule has 34 heavy (non-hydrogen) atoms. The van der Waals surface area contributed by atoms with Gasteiger partial charge in [-0.25, -0.2) is 14.8 Å². The van der Waals surface area contributed by atoms with E-state index in [1.54, 1.807) is 11.1 Å². The number of nitrogens with zero attached hydrogens (tertiary/aromatic N) is 3. The highest BCUT2D eigenvalue weighted by Crippen LogP contribution is 2.30. The summed E-state index contributed by atoms with van der Waals surface area (Å²) in [7, 11) is 0. The monoisotopic (exact) mass is 450 g/mol. The molecule has 0 bridgehead atoms. The fraction of sp³-hybridized carbons (Fsp3) is 0.0769. The van der Waals surface area contributed by atoms with E-state index in [0.717, 1.165) is 33.4 Å². The van der Waals surface area contributed by atoms with Crippen molar-refractivity contribution in [1.29, 1.82) is 0 Å². The second-order valence-corrected chi connectivity index (χ2v) is 7.77. The molecule has 1 aromatic heterocycles. The maximum atomic E-state index is 11.9. The molecule has 0 radical (unpaired) electrons. The Kier molecular flexibility index (Phi) is 5.61. The van der Waals surface area contributed by atoms with Crippen LogP contribution < -0.4 is 20.9 Å². The lowest BCUT2D eigenvalue weighted by atomic mass is 10.0. The Hall–Kier alpha value is -4.72. The standard InChI is InChI=1S/C26H22N6O2/c1-2-23(33)29-20-7-3-5-17(15-20)22-8-4-6-18-16-28-25(31-24(18)22)30-19-9-11-21(12-10-19)32-14-13-27-26(32)34/h2-12,15-16H,1,13-14H2,(H,27,34)(H,29,33)(H,28,30,31). The van der Waals surface area contributed by atoms with Gasteiger partial charge in [-0.1, -0.05) is 36.9 Å². The Morgan fingerprint density at radius 1 is 1.06 bits per heavy atom. The van der Waals surface area contributed by atoms with Gasteiger partial charge in [-0.15, -0.1) is 0 Å². The third kappa shape index (κ3) is 4.29. The number of benzene rings is 3. The van der Waals surface area contributed by atoms with Crippen LogP contribution >= 0.6 is 0 Å². The molecule has 2 heterocycles. The number of para-hydroxylation sites is 1. The molecular formula is C26H22N6O2. The third-order valence-electron chi connectivity index (χ3n) is 5.53. The van der Waals surface area contributed by atoms with Gasteiger partial charge in [-0.2, -0.15) is 0 Å². The first-order chi connectivity index (χ1) is 16.6. The summed E-state index contributed by atoms with van der Waals surface area (Å²) in [4.78, 5) is 34.5. The second-order valence-electron chi connectivity index (χ2n) is 7.77. The summed E-state index contributed by atoms with van der Waals surface area (Å²) in [5.74, 6) is 0.197. The van der Waals surface area contributed by atoms with Crippen LogP contribution in [0.1, 0.15) is 0 Å². The maximum absolute atomic E-state index is 11.9. The number of carbonyl (C=O) groups excluding carboxylic acids is 2. The molecule has 0 aliphatic carbocycles. The van der Waals surface area contributed by atoms with Crippen LogP contribution in [0.25, 0.3) is 22.0 Å². The van der Waals surface area contributed by atoms with Gasteiger partial charge in [0.15, 0.2) is 0 Å². The van der Waals surface area contributed by atoms with Crippen LogP contribution in [0.3, 0.4) is 0 Å². The quantitative estimate of drug-likeness (QED) is 0.370. The van der Waals surface area contributed by atoms with E-state index in [0.29, 0.717) is 24.7 Å². The Morgan fingerprint density at radius 2 is 1.88 bits per heavy atom. The van der Waals surface area contributed by atoms with Crippen molar-refractivity contribution >= 4 is 45.9 Å². The van der Waals surface area contributed by atoms with Gasteiger partial charge in [0, 0.05) is 47.3 Å². The molecule has 4 aromatic rings. The summed E-state index contributed by atoms with van der Waals surface area (Å²) in [6.07, 6.45) is 3.02. The molecule has 1 fully saturated rings. The lowest BCUT2D eigenvalue weighted by Gasteiger charge is -2.15. The Labute approximate surface area is 196 Å². The van der Waals surface area contributed by atoms with Crippen LogP contribution in [0.2, 0.25) is 0 Å². The van der Waals surface area contributed by atoms with E-state index < -0.39 is 0 Å². The number of fused-ring (bicyclic) bond motifs is 1. The number of rotatable bonds is 6. The highest BCUT2D eigenvalue weighted by molar-refractivity contribution is 6.00. The van der Waals surface area contributed by atoms with Crippen LogP contribution in [0.5, 0.6) is 0 Å². The van der Waals surface area contributed by atoms with E-state index in [4.69, 9.17) is 4.98 Å². The fourth-order valence-corrected chi connectivity index (χ4v) is 3.88. The largest absolute Gasteiger partial charge is 0.336 e. The van der Waals surface area contributed by atoms with Crippen molar-refractivity contribution in [2.24, 2.45) is 0 Å². The zero-order chi connectivity index (χ0) is 23.5. The molecule has 0 unspecified atom stereocenters. The van der Waals surface area contributed by atoms with Crippen molar-refractivity contribution in [3.8, 4) is 11.1 Å². The topological polar surface area (TPSA) is 99.3 Å². The van der Waals surface area contributed by atoms with Gasteiger partial charge in [0.05, 0.1) is 5.52 Å². The van der Waals surface area contributed by atoms with Crippen LogP contribution in [0.4, 0.5) is 27.8 Å². The molecule has 3 N–H and O–H groups in total. The van der Waals surface area contributed by atoms with E-state index in [1.165, 1.54) is 6.08 Å². The summed E-state index contributed by atoms with van der Waals surface area (Å²) in [5, 5.41) is 9.73. The van der Waals surface area contributed by atoms with Crippen LogP contribution in [0, 0.1) is 0 Å². The normalized spacial score (nSPS) is 12.9. The molecule has 3 aromatic carbocycles. The minimum atomic E-state index is -0.264. The van der Waals surface area contributed by atoms with Crippen molar-refractivity contribution in [2.75, 3.05) is 28.6 Å². The maximum Gasteiger partial charge on any atom is 0.321 e. The fourth-order valence-electron chi connectivity index (χ4n) is 3.88. The SMILES string of the molecule is C=CC(=O)Nc1cccc(-c2cccc3cnc(Nc4ccc(N5CCNC5=O)cc4)nc23)c1. The van der Waals surface area contributed by atoms with Gasteiger partial charge in [0.25, 0.3) is 0 Å². The summed E-state index contributed by atoms with van der Waals surface area (Å²) in [6.45, 7) is 4.80. The second kappa shape index (κ2) is 9.03. The summed E-state index contributed by atoms with van der Waals surface area (Å²) in [5.41, 5.74) is 4.97. The first kappa shape index (κ1) is 21.1. The first-order valence-electron chi connectivity index (χ1n) is 10.8. The average Bonchev–Trinajstić information content (AvgIpc) is 3.30. The summed E-state index contributed by atoms with van der Waals surface area (Å²) >= 11 is 0. The molecule has 1 aliphatic heterocycles. The molecule has 1 aliphatic rings. The molecule has 8 heteroatoms. The lowest BCUT2D eigenvalue weighted by Crippen LogP contribution is -2.27. The van der Waals surface area contributed by atoms with Crippen molar-refractivity contribution in [3.63, 3.8) is 0 Å². The average molecular weight is 451 g/mol. The summed E-state index contributed by atoms with van der Waals surface area (Å²) in [6, 6.07) is 21.0. The molecule has 0 spiro atoms. The minimum Gasteiger partial charge on any atom is -0.336 e. The molecule has 168 valence electrons. The van der Waals surface area contributed by atoms with Gasteiger partial charge in [-0.3, -0.25) is 9.69 Å². The van der Waals surface area contributed by atoms with E-state index in [-0.39, 0.29) is 11.9 Å². The van der Waals surface area contributed by atoms with E-state index >= 15 is 0 Å². The zero-order valence-corrected chi connectivity index (χ0v) is 18.3. The molecule has 8 nitrogen and oxygen atoms in total. The van der Waals surface area contributed by atoms with Gasteiger partial charge in [0.1, 0.15) is 0 Å². The number of hydrogen-bond donors (Lipinski definition) is 3. The number of hydrogen-bond acceptors (Lipinski definition) is 5.